The SMILES string of the molecule is CN(C(=O)CCC1CCCCC1)c1ccccc1CN. The highest BCUT2D eigenvalue weighted by atomic mass is 16.2. The molecule has 1 saturated carbocycles. The predicted molar refractivity (Wildman–Crippen MR) is 83.6 cm³/mol. The fourth-order valence-corrected chi connectivity index (χ4v) is 3.12. The maximum Gasteiger partial charge on any atom is 0.226 e. The summed E-state index contributed by atoms with van der Waals surface area (Å²) < 4.78 is 0. The van der Waals surface area contributed by atoms with Crippen LogP contribution in [0.5, 0.6) is 0 Å². The van der Waals surface area contributed by atoms with E-state index in [1.165, 1.54) is 32.1 Å². The molecular weight excluding hydrogens is 248 g/mol. The van der Waals surface area contributed by atoms with Gasteiger partial charge in [-0.1, -0.05) is 50.3 Å². The Hall–Kier alpha value is -1.35. The van der Waals surface area contributed by atoms with E-state index in [2.05, 4.69) is 0 Å². The highest BCUT2D eigenvalue weighted by Gasteiger charge is 2.18. The van der Waals surface area contributed by atoms with Gasteiger partial charge in [0.25, 0.3) is 0 Å². The van der Waals surface area contributed by atoms with Crippen molar-refractivity contribution in [1.29, 1.82) is 0 Å². The van der Waals surface area contributed by atoms with Crippen LogP contribution in [0.25, 0.3) is 0 Å². The molecule has 110 valence electrons. The number of amides is 1. The van der Waals surface area contributed by atoms with Crippen molar-refractivity contribution in [2.75, 3.05) is 11.9 Å². The monoisotopic (exact) mass is 274 g/mol. The Morgan fingerprint density at radius 3 is 2.65 bits per heavy atom. The minimum absolute atomic E-state index is 0.205. The van der Waals surface area contributed by atoms with Crippen LogP contribution in [0, 0.1) is 5.92 Å². The molecule has 3 heteroatoms. The molecule has 3 nitrogen and oxygen atoms in total. The van der Waals surface area contributed by atoms with Crippen LogP contribution in [-0.2, 0) is 11.3 Å². The highest BCUT2D eigenvalue weighted by Crippen LogP contribution is 2.28. The average molecular weight is 274 g/mol. The van der Waals surface area contributed by atoms with Crippen molar-refractivity contribution in [3.8, 4) is 0 Å². The number of nitrogens with two attached hydrogens (primary N) is 1. The molecule has 0 spiro atoms. The molecule has 1 aliphatic carbocycles. The van der Waals surface area contributed by atoms with Crippen LogP contribution >= 0.6 is 0 Å². The third-order valence-electron chi connectivity index (χ3n) is 4.44. The molecule has 0 heterocycles. The largest absolute Gasteiger partial charge is 0.326 e. The number of benzene rings is 1. The van der Waals surface area contributed by atoms with Gasteiger partial charge in [0.05, 0.1) is 0 Å². The van der Waals surface area contributed by atoms with Crippen molar-refractivity contribution in [1.82, 2.24) is 0 Å². The number of hydrogen-bond acceptors (Lipinski definition) is 2. The smallest absolute Gasteiger partial charge is 0.226 e. The second kappa shape index (κ2) is 7.44. The molecular formula is C17H26N2O. The van der Waals surface area contributed by atoms with Gasteiger partial charge in [0.15, 0.2) is 0 Å². The van der Waals surface area contributed by atoms with Gasteiger partial charge < -0.3 is 10.6 Å². The first-order chi connectivity index (χ1) is 9.72. The number of anilines is 1. The van der Waals surface area contributed by atoms with Crippen molar-refractivity contribution in [2.24, 2.45) is 11.7 Å². The van der Waals surface area contributed by atoms with Crippen LogP contribution in [0.15, 0.2) is 24.3 Å². The quantitative estimate of drug-likeness (QED) is 0.893. The lowest BCUT2D eigenvalue weighted by atomic mass is 9.86. The Bertz CT molecular complexity index is 438. The normalized spacial score (nSPS) is 16.1. The summed E-state index contributed by atoms with van der Waals surface area (Å²) in [6, 6.07) is 7.88. The molecule has 0 radical (unpaired) electrons. The van der Waals surface area contributed by atoms with E-state index in [0.717, 1.165) is 23.6 Å². The first-order valence-corrected chi connectivity index (χ1v) is 7.77. The van der Waals surface area contributed by atoms with E-state index < -0.39 is 0 Å². The second-order valence-electron chi connectivity index (χ2n) is 5.83. The molecule has 2 rings (SSSR count). The Labute approximate surface area is 122 Å². The van der Waals surface area contributed by atoms with Crippen molar-refractivity contribution in [3.05, 3.63) is 29.8 Å². The lowest BCUT2D eigenvalue weighted by molar-refractivity contribution is -0.118. The number of rotatable bonds is 5. The minimum Gasteiger partial charge on any atom is -0.326 e. The molecule has 1 fully saturated rings. The summed E-state index contributed by atoms with van der Waals surface area (Å²) in [5, 5.41) is 0. The van der Waals surface area contributed by atoms with Gasteiger partial charge in [-0.2, -0.15) is 0 Å². The van der Waals surface area contributed by atoms with E-state index in [9.17, 15) is 4.79 Å². The number of carbonyl (C=O) groups is 1. The third-order valence-corrected chi connectivity index (χ3v) is 4.44. The standard InChI is InChI=1S/C17H26N2O/c1-19(16-10-6-5-9-15(16)13-18)17(20)12-11-14-7-3-2-4-8-14/h5-6,9-10,14H,2-4,7-8,11-13,18H2,1H3. The summed E-state index contributed by atoms with van der Waals surface area (Å²) in [6.07, 6.45) is 8.34. The maximum atomic E-state index is 12.3. The summed E-state index contributed by atoms with van der Waals surface area (Å²) in [7, 11) is 1.86. The van der Waals surface area contributed by atoms with Gasteiger partial charge >= 0.3 is 0 Å². The fourth-order valence-electron chi connectivity index (χ4n) is 3.12. The van der Waals surface area contributed by atoms with Crippen LogP contribution in [0.3, 0.4) is 0 Å². The first kappa shape index (κ1) is 15.0. The summed E-state index contributed by atoms with van der Waals surface area (Å²) in [5.41, 5.74) is 7.72. The third kappa shape index (κ3) is 3.83. The molecule has 20 heavy (non-hydrogen) atoms. The molecule has 0 aliphatic heterocycles. The fraction of sp³-hybridized carbons (Fsp3) is 0.588. The Balaban J connectivity index is 1.90. The van der Waals surface area contributed by atoms with Gasteiger partial charge in [-0.05, 0) is 24.0 Å². The van der Waals surface area contributed by atoms with Crippen molar-refractivity contribution in [3.63, 3.8) is 0 Å². The molecule has 1 aliphatic rings. The van der Waals surface area contributed by atoms with Gasteiger partial charge in [-0.25, -0.2) is 0 Å². The molecule has 1 amide bonds. The molecule has 0 bridgehead atoms. The van der Waals surface area contributed by atoms with Gasteiger partial charge in [0, 0.05) is 25.7 Å². The van der Waals surface area contributed by atoms with Crippen molar-refractivity contribution in [2.45, 2.75) is 51.5 Å². The van der Waals surface area contributed by atoms with Crippen LogP contribution in [-0.4, -0.2) is 13.0 Å². The van der Waals surface area contributed by atoms with Crippen molar-refractivity contribution < 1.29 is 4.79 Å². The molecule has 0 aromatic heterocycles. The lowest BCUT2D eigenvalue weighted by Crippen LogP contribution is -2.28. The number of nitrogens with zero attached hydrogens (tertiary/aromatic N) is 1. The van der Waals surface area contributed by atoms with Crippen LogP contribution in [0.4, 0.5) is 5.69 Å². The zero-order valence-electron chi connectivity index (χ0n) is 12.5. The van der Waals surface area contributed by atoms with Crippen molar-refractivity contribution >= 4 is 11.6 Å². The molecule has 0 atom stereocenters. The van der Waals surface area contributed by atoms with E-state index in [1.54, 1.807) is 4.90 Å². The summed E-state index contributed by atoms with van der Waals surface area (Å²) in [5.74, 6) is 0.960. The molecule has 0 unspecified atom stereocenters. The van der Waals surface area contributed by atoms with E-state index in [4.69, 9.17) is 5.73 Å². The molecule has 1 aromatic carbocycles. The maximum absolute atomic E-state index is 12.3. The zero-order chi connectivity index (χ0) is 14.4. The Morgan fingerprint density at radius 2 is 1.95 bits per heavy atom. The van der Waals surface area contributed by atoms with Gasteiger partial charge in [0.1, 0.15) is 0 Å². The van der Waals surface area contributed by atoms with E-state index in [1.807, 2.05) is 31.3 Å². The number of hydrogen-bond donors (Lipinski definition) is 1. The lowest BCUT2D eigenvalue weighted by Gasteiger charge is -2.24. The molecule has 2 N–H and O–H groups in total. The van der Waals surface area contributed by atoms with Crippen LogP contribution in [0.2, 0.25) is 0 Å². The zero-order valence-corrected chi connectivity index (χ0v) is 12.5. The van der Waals surface area contributed by atoms with Gasteiger partial charge in [0.2, 0.25) is 5.91 Å². The molecule has 1 aromatic rings. The second-order valence-corrected chi connectivity index (χ2v) is 5.83. The highest BCUT2D eigenvalue weighted by molar-refractivity contribution is 5.93. The Kier molecular flexibility index (Phi) is 5.60. The van der Waals surface area contributed by atoms with E-state index in [-0.39, 0.29) is 5.91 Å². The van der Waals surface area contributed by atoms with Crippen LogP contribution < -0.4 is 10.6 Å². The Morgan fingerprint density at radius 1 is 1.25 bits per heavy atom. The van der Waals surface area contributed by atoms with Gasteiger partial charge in [-0.15, -0.1) is 0 Å². The number of para-hydroxylation sites is 1. The summed E-state index contributed by atoms with van der Waals surface area (Å²) in [4.78, 5) is 14.1. The first-order valence-electron chi connectivity index (χ1n) is 7.77. The summed E-state index contributed by atoms with van der Waals surface area (Å²) in [6.45, 7) is 0.469. The number of carbonyl (C=O) groups excluding carboxylic acids is 1. The van der Waals surface area contributed by atoms with Gasteiger partial charge in [-0.3, -0.25) is 4.79 Å². The van der Waals surface area contributed by atoms with E-state index >= 15 is 0 Å². The minimum atomic E-state index is 0.205. The topological polar surface area (TPSA) is 46.3 Å². The van der Waals surface area contributed by atoms with Crippen LogP contribution in [0.1, 0.15) is 50.5 Å². The summed E-state index contributed by atoms with van der Waals surface area (Å²) >= 11 is 0. The molecule has 0 saturated heterocycles. The average Bonchev–Trinajstić information content (AvgIpc) is 2.52. The predicted octanol–water partition coefficient (Wildman–Crippen LogP) is 3.47. The van der Waals surface area contributed by atoms with E-state index in [0.29, 0.717) is 13.0 Å².